The average molecular weight is 280 g/mol. The lowest BCUT2D eigenvalue weighted by atomic mass is 10.2. The van der Waals surface area contributed by atoms with Gasteiger partial charge in [0, 0.05) is 12.6 Å². The molecule has 0 bridgehead atoms. The van der Waals surface area contributed by atoms with Crippen LogP contribution >= 0.6 is 11.6 Å². The zero-order valence-corrected chi connectivity index (χ0v) is 10.5. The quantitative estimate of drug-likeness (QED) is 0.844. The highest BCUT2D eigenvalue weighted by molar-refractivity contribution is 6.29. The number of nitrogens with zero attached hydrogens (tertiary/aromatic N) is 2. The van der Waals surface area contributed by atoms with Crippen molar-refractivity contribution in [1.82, 2.24) is 9.88 Å². The van der Waals surface area contributed by atoms with Gasteiger partial charge >= 0.3 is 6.18 Å². The zero-order chi connectivity index (χ0) is 13.3. The van der Waals surface area contributed by atoms with Gasteiger partial charge in [0.2, 0.25) is 0 Å². The smallest absolute Gasteiger partial charge is 0.366 e. The molecule has 1 aromatic rings. The molecule has 1 atom stereocenters. The fourth-order valence-electron chi connectivity index (χ4n) is 2.00. The minimum absolute atomic E-state index is 0.113. The third-order valence-corrected chi connectivity index (χ3v) is 3.06. The maximum absolute atomic E-state index is 12.6. The molecule has 0 saturated carbocycles. The first-order valence-electron chi connectivity index (χ1n) is 5.54. The van der Waals surface area contributed by atoms with E-state index < -0.39 is 11.7 Å². The van der Waals surface area contributed by atoms with Gasteiger partial charge in [0.1, 0.15) is 11.0 Å². The summed E-state index contributed by atoms with van der Waals surface area (Å²) in [6.07, 6.45) is -3.53. The van der Waals surface area contributed by atoms with E-state index >= 15 is 0 Å². The van der Waals surface area contributed by atoms with Crippen LogP contribution in [-0.4, -0.2) is 36.1 Å². The Morgan fingerprint density at radius 2 is 2.17 bits per heavy atom. The van der Waals surface area contributed by atoms with E-state index in [4.69, 9.17) is 11.6 Å². The van der Waals surface area contributed by atoms with E-state index in [1.165, 1.54) is 0 Å². The molecule has 18 heavy (non-hydrogen) atoms. The van der Waals surface area contributed by atoms with Crippen LogP contribution in [0.4, 0.5) is 19.0 Å². The van der Waals surface area contributed by atoms with Crippen LogP contribution in [0.5, 0.6) is 0 Å². The number of pyridine rings is 1. The molecule has 1 fully saturated rings. The molecule has 7 heteroatoms. The number of hydrogen-bond acceptors (Lipinski definition) is 3. The predicted octanol–water partition coefficient (Wildman–Crippen LogP) is 2.87. The standard InChI is InChI=1S/C11H13ClF3N3/c1-18-3-2-8(6-18)16-10-5-7(11(13,14)15)4-9(12)17-10/h4-5,8H,2-3,6H2,1H3,(H,16,17). The van der Waals surface area contributed by atoms with Gasteiger partial charge in [0.15, 0.2) is 0 Å². The van der Waals surface area contributed by atoms with Crippen LogP contribution in [0.15, 0.2) is 12.1 Å². The van der Waals surface area contributed by atoms with E-state index in [0.717, 1.165) is 31.6 Å². The lowest BCUT2D eigenvalue weighted by molar-refractivity contribution is -0.137. The number of likely N-dealkylation sites (tertiary alicyclic amines) is 1. The highest BCUT2D eigenvalue weighted by atomic mass is 35.5. The molecule has 2 heterocycles. The van der Waals surface area contributed by atoms with Gasteiger partial charge in [-0.3, -0.25) is 0 Å². The Balaban J connectivity index is 2.15. The van der Waals surface area contributed by atoms with Crippen molar-refractivity contribution in [3.05, 3.63) is 22.8 Å². The number of nitrogens with one attached hydrogen (secondary N) is 1. The Labute approximate surface area is 108 Å². The third kappa shape index (κ3) is 3.26. The summed E-state index contributed by atoms with van der Waals surface area (Å²) in [5.74, 6) is 0.176. The van der Waals surface area contributed by atoms with Gasteiger partial charge in [-0.1, -0.05) is 11.6 Å². The summed E-state index contributed by atoms with van der Waals surface area (Å²) in [6, 6.07) is 1.93. The first-order valence-corrected chi connectivity index (χ1v) is 5.92. The van der Waals surface area contributed by atoms with Gasteiger partial charge in [0.05, 0.1) is 5.56 Å². The molecule has 0 aromatic carbocycles. The predicted molar refractivity (Wildman–Crippen MR) is 63.8 cm³/mol. The van der Waals surface area contributed by atoms with Gasteiger partial charge in [-0.05, 0) is 32.1 Å². The molecule has 1 aliphatic heterocycles. The summed E-state index contributed by atoms with van der Waals surface area (Å²) in [5, 5.41) is 2.83. The van der Waals surface area contributed by atoms with Crippen molar-refractivity contribution in [2.24, 2.45) is 0 Å². The normalized spacial score (nSPS) is 21.3. The minimum atomic E-state index is -4.41. The second-order valence-electron chi connectivity index (χ2n) is 4.45. The largest absolute Gasteiger partial charge is 0.416 e. The molecule has 0 radical (unpaired) electrons. The van der Waals surface area contributed by atoms with E-state index in [-0.39, 0.29) is 17.0 Å². The Morgan fingerprint density at radius 1 is 1.44 bits per heavy atom. The monoisotopic (exact) mass is 279 g/mol. The number of hydrogen-bond donors (Lipinski definition) is 1. The molecule has 0 amide bonds. The van der Waals surface area contributed by atoms with E-state index in [0.29, 0.717) is 0 Å². The number of aromatic nitrogens is 1. The zero-order valence-electron chi connectivity index (χ0n) is 9.76. The summed E-state index contributed by atoms with van der Waals surface area (Å²) in [5.41, 5.74) is -0.781. The van der Waals surface area contributed by atoms with Gasteiger partial charge in [-0.2, -0.15) is 13.2 Å². The number of halogens is 4. The Morgan fingerprint density at radius 3 is 2.72 bits per heavy atom. The Kier molecular flexibility index (Phi) is 3.68. The van der Waals surface area contributed by atoms with Crippen molar-refractivity contribution in [2.45, 2.75) is 18.6 Å². The average Bonchev–Trinajstić information content (AvgIpc) is 2.61. The molecule has 2 rings (SSSR count). The number of anilines is 1. The molecule has 0 aliphatic carbocycles. The highest BCUT2D eigenvalue weighted by Gasteiger charge is 2.32. The summed E-state index contributed by atoms with van der Waals surface area (Å²) in [7, 11) is 1.97. The first-order chi connectivity index (χ1) is 8.34. The summed E-state index contributed by atoms with van der Waals surface area (Å²) in [6.45, 7) is 1.71. The van der Waals surface area contributed by atoms with Crippen LogP contribution in [0.1, 0.15) is 12.0 Å². The lowest BCUT2D eigenvalue weighted by Crippen LogP contribution is -2.24. The maximum Gasteiger partial charge on any atom is 0.416 e. The van der Waals surface area contributed by atoms with Crippen LogP contribution in [0.3, 0.4) is 0 Å². The van der Waals surface area contributed by atoms with Crippen LogP contribution in [0, 0.1) is 0 Å². The van der Waals surface area contributed by atoms with E-state index in [2.05, 4.69) is 15.2 Å². The van der Waals surface area contributed by atoms with Crippen molar-refractivity contribution in [3.63, 3.8) is 0 Å². The van der Waals surface area contributed by atoms with E-state index in [1.54, 1.807) is 0 Å². The van der Waals surface area contributed by atoms with Crippen LogP contribution in [0.25, 0.3) is 0 Å². The SMILES string of the molecule is CN1CCC(Nc2cc(C(F)(F)F)cc(Cl)n2)C1. The van der Waals surface area contributed by atoms with E-state index in [9.17, 15) is 13.2 Å². The molecule has 1 saturated heterocycles. The van der Waals surface area contributed by atoms with E-state index in [1.807, 2.05) is 7.05 Å². The topological polar surface area (TPSA) is 28.2 Å². The Bertz CT molecular complexity index is 436. The summed E-state index contributed by atoms with van der Waals surface area (Å²) in [4.78, 5) is 5.98. The van der Waals surface area contributed by atoms with Crippen molar-refractivity contribution in [2.75, 3.05) is 25.5 Å². The number of alkyl halides is 3. The van der Waals surface area contributed by atoms with Crippen LogP contribution < -0.4 is 5.32 Å². The summed E-state index contributed by atoms with van der Waals surface area (Å²) >= 11 is 5.61. The first kappa shape index (κ1) is 13.4. The number of rotatable bonds is 2. The molecule has 1 aliphatic rings. The molecule has 0 spiro atoms. The highest BCUT2D eigenvalue weighted by Crippen LogP contribution is 2.32. The fourth-order valence-corrected chi connectivity index (χ4v) is 2.21. The van der Waals surface area contributed by atoms with Crippen LogP contribution in [-0.2, 0) is 6.18 Å². The molecule has 100 valence electrons. The Hall–Kier alpha value is -1.01. The van der Waals surface area contributed by atoms with Crippen molar-refractivity contribution in [3.8, 4) is 0 Å². The maximum atomic E-state index is 12.6. The lowest BCUT2D eigenvalue weighted by Gasteiger charge is -2.15. The number of likely N-dealkylation sites (N-methyl/N-ethyl adjacent to an activating group) is 1. The molecular weight excluding hydrogens is 267 g/mol. The van der Waals surface area contributed by atoms with Crippen molar-refractivity contribution >= 4 is 17.4 Å². The van der Waals surface area contributed by atoms with Gasteiger partial charge in [0.25, 0.3) is 0 Å². The molecule has 3 nitrogen and oxygen atoms in total. The van der Waals surface area contributed by atoms with Gasteiger partial charge in [-0.25, -0.2) is 4.98 Å². The molecule has 1 unspecified atom stereocenters. The van der Waals surface area contributed by atoms with Crippen molar-refractivity contribution in [1.29, 1.82) is 0 Å². The summed E-state index contributed by atoms with van der Waals surface area (Å²) < 4.78 is 37.8. The van der Waals surface area contributed by atoms with Crippen molar-refractivity contribution < 1.29 is 13.2 Å². The fraction of sp³-hybridized carbons (Fsp3) is 0.545. The van der Waals surface area contributed by atoms with Crippen LogP contribution in [0.2, 0.25) is 5.15 Å². The molecule has 1 aromatic heterocycles. The molecule has 1 N–H and O–H groups in total. The molecular formula is C11H13ClF3N3. The minimum Gasteiger partial charge on any atom is -0.366 e. The third-order valence-electron chi connectivity index (χ3n) is 2.86. The van der Waals surface area contributed by atoms with Gasteiger partial charge in [-0.15, -0.1) is 0 Å². The van der Waals surface area contributed by atoms with Gasteiger partial charge < -0.3 is 10.2 Å². The second kappa shape index (κ2) is 4.93. The second-order valence-corrected chi connectivity index (χ2v) is 4.84.